The quantitative estimate of drug-likeness (QED) is 0.489. The Morgan fingerprint density at radius 2 is 1.97 bits per heavy atom. The Morgan fingerprint density at radius 3 is 2.74 bits per heavy atom. The van der Waals surface area contributed by atoms with Crippen molar-refractivity contribution in [3.05, 3.63) is 79.7 Å². The van der Waals surface area contributed by atoms with E-state index in [1.807, 2.05) is 31.3 Å². The number of nitrogens with zero attached hydrogens (tertiary/aromatic N) is 2. The number of hydrogen-bond acceptors (Lipinski definition) is 5. The molecule has 6 nitrogen and oxygen atoms in total. The summed E-state index contributed by atoms with van der Waals surface area (Å²) in [5.41, 5.74) is 3.00. The topological polar surface area (TPSA) is 77.0 Å². The summed E-state index contributed by atoms with van der Waals surface area (Å²) in [6.07, 6.45) is 5.24. The molecule has 1 fully saturated rings. The number of pyridine rings is 1. The minimum Gasteiger partial charge on any atom is -0.381 e. The first kappa shape index (κ1) is 20.2. The number of rotatable bonds is 3. The van der Waals surface area contributed by atoms with Crippen LogP contribution in [0.5, 0.6) is 0 Å². The van der Waals surface area contributed by atoms with Gasteiger partial charge in [-0.25, -0.2) is 9.36 Å². The zero-order valence-corrected chi connectivity index (χ0v) is 18.4. The molecule has 31 heavy (non-hydrogen) atoms. The van der Waals surface area contributed by atoms with Gasteiger partial charge in [0.1, 0.15) is 4.70 Å². The van der Waals surface area contributed by atoms with Crippen LogP contribution >= 0.6 is 22.9 Å². The van der Waals surface area contributed by atoms with Gasteiger partial charge in [0.15, 0.2) is 0 Å². The van der Waals surface area contributed by atoms with Gasteiger partial charge >= 0.3 is 5.69 Å². The summed E-state index contributed by atoms with van der Waals surface area (Å²) in [7, 11) is 0. The van der Waals surface area contributed by atoms with E-state index in [-0.39, 0.29) is 5.56 Å². The zero-order chi connectivity index (χ0) is 21.5. The highest BCUT2D eigenvalue weighted by atomic mass is 35.5. The van der Waals surface area contributed by atoms with Crippen LogP contribution in [-0.2, 0) is 4.74 Å². The molecule has 4 aromatic rings. The van der Waals surface area contributed by atoms with Gasteiger partial charge in [-0.15, -0.1) is 11.3 Å². The monoisotopic (exact) mass is 453 g/mol. The van der Waals surface area contributed by atoms with Crippen molar-refractivity contribution in [1.29, 1.82) is 0 Å². The SMILES string of the molecule is Cc1c(C2CCOCC2)cncc1-n1c(=O)[nH]c2cc(-c3ccccc3Cl)sc2c1=O. The molecule has 0 amide bonds. The van der Waals surface area contributed by atoms with Crippen LogP contribution in [0.15, 0.2) is 52.3 Å². The Hall–Kier alpha value is -2.74. The number of H-pyrrole nitrogens is 1. The fourth-order valence-corrected chi connectivity index (χ4v) is 5.57. The van der Waals surface area contributed by atoms with E-state index in [9.17, 15) is 9.59 Å². The summed E-state index contributed by atoms with van der Waals surface area (Å²) in [5, 5.41) is 0.598. The molecule has 0 bridgehead atoms. The molecule has 1 aliphatic heterocycles. The van der Waals surface area contributed by atoms with Gasteiger partial charge in [-0.1, -0.05) is 29.8 Å². The third-order valence-corrected chi connectivity index (χ3v) is 7.33. The number of hydrogen-bond donors (Lipinski definition) is 1. The van der Waals surface area contributed by atoms with Gasteiger partial charge in [0.25, 0.3) is 5.56 Å². The molecule has 1 saturated heterocycles. The van der Waals surface area contributed by atoms with Crippen LogP contribution in [0, 0.1) is 6.92 Å². The van der Waals surface area contributed by atoms with Crippen molar-refractivity contribution < 1.29 is 4.74 Å². The first-order valence-corrected chi connectivity index (χ1v) is 11.3. The van der Waals surface area contributed by atoms with Crippen LogP contribution in [0.3, 0.4) is 0 Å². The average Bonchev–Trinajstić information content (AvgIpc) is 3.20. The molecule has 0 atom stereocenters. The normalized spacial score (nSPS) is 14.9. The van der Waals surface area contributed by atoms with Crippen LogP contribution in [0.1, 0.15) is 29.9 Å². The largest absolute Gasteiger partial charge is 0.381 e. The lowest BCUT2D eigenvalue weighted by Gasteiger charge is -2.24. The molecule has 0 spiro atoms. The Labute approximate surface area is 187 Å². The van der Waals surface area contributed by atoms with Gasteiger partial charge in [-0.3, -0.25) is 9.78 Å². The Kier molecular flexibility index (Phi) is 5.25. The standard InChI is InChI=1S/C23H20ClN3O3S/c1-13-16(14-6-8-30-9-7-14)11-25-12-19(13)27-22(28)21-18(26-23(27)29)10-20(31-21)15-4-2-3-5-17(15)24/h2-5,10-12,14H,6-9H2,1H3,(H,26,29). The van der Waals surface area contributed by atoms with Crippen LogP contribution in [0.25, 0.3) is 26.3 Å². The number of benzene rings is 1. The minimum absolute atomic E-state index is 0.313. The van der Waals surface area contributed by atoms with Gasteiger partial charge in [0, 0.05) is 34.9 Å². The number of fused-ring (bicyclic) bond motifs is 1. The van der Waals surface area contributed by atoms with E-state index in [2.05, 4.69) is 9.97 Å². The van der Waals surface area contributed by atoms with Crippen molar-refractivity contribution in [3.63, 3.8) is 0 Å². The van der Waals surface area contributed by atoms with Crippen LogP contribution in [0.4, 0.5) is 0 Å². The van der Waals surface area contributed by atoms with Crippen LogP contribution < -0.4 is 11.2 Å². The van der Waals surface area contributed by atoms with E-state index < -0.39 is 5.69 Å². The molecule has 1 aromatic carbocycles. The summed E-state index contributed by atoms with van der Waals surface area (Å²) >= 11 is 7.65. The van der Waals surface area contributed by atoms with Crippen molar-refractivity contribution in [1.82, 2.24) is 14.5 Å². The van der Waals surface area contributed by atoms with Gasteiger partial charge in [-0.05, 0) is 48.9 Å². The Bertz CT molecular complexity index is 1400. The Balaban J connectivity index is 1.67. The Morgan fingerprint density at radius 1 is 1.19 bits per heavy atom. The van der Waals surface area contributed by atoms with Gasteiger partial charge < -0.3 is 9.72 Å². The predicted molar refractivity (Wildman–Crippen MR) is 124 cm³/mol. The molecule has 3 aromatic heterocycles. The minimum atomic E-state index is -0.477. The smallest absolute Gasteiger partial charge is 0.333 e. The third-order valence-electron chi connectivity index (χ3n) is 5.84. The van der Waals surface area contributed by atoms with Crippen molar-refractivity contribution in [2.75, 3.05) is 13.2 Å². The lowest BCUT2D eigenvalue weighted by atomic mass is 9.89. The molecule has 5 rings (SSSR count). The summed E-state index contributed by atoms with van der Waals surface area (Å²) in [6, 6.07) is 9.25. The number of nitrogens with one attached hydrogen (secondary N) is 1. The molecule has 0 aliphatic carbocycles. The second-order valence-corrected chi connectivity index (χ2v) is 9.12. The van der Waals surface area contributed by atoms with E-state index in [0.29, 0.717) is 40.1 Å². The van der Waals surface area contributed by atoms with E-state index in [4.69, 9.17) is 16.3 Å². The van der Waals surface area contributed by atoms with E-state index in [1.54, 1.807) is 18.3 Å². The zero-order valence-electron chi connectivity index (χ0n) is 16.9. The summed E-state index contributed by atoms with van der Waals surface area (Å²) in [4.78, 5) is 34.4. The third kappa shape index (κ3) is 3.52. The van der Waals surface area contributed by atoms with Gasteiger partial charge in [-0.2, -0.15) is 0 Å². The first-order valence-electron chi connectivity index (χ1n) is 10.1. The number of thiophene rings is 1. The predicted octanol–water partition coefficient (Wildman–Crippen LogP) is 4.66. The number of halogens is 1. The molecular weight excluding hydrogens is 434 g/mol. The van der Waals surface area contributed by atoms with E-state index >= 15 is 0 Å². The van der Waals surface area contributed by atoms with Gasteiger partial charge in [0.05, 0.1) is 17.4 Å². The van der Waals surface area contributed by atoms with Crippen molar-refractivity contribution in [2.24, 2.45) is 0 Å². The fourth-order valence-electron chi connectivity index (χ4n) is 4.20. The van der Waals surface area contributed by atoms with Crippen LogP contribution in [-0.4, -0.2) is 27.7 Å². The molecule has 4 heterocycles. The maximum absolute atomic E-state index is 13.4. The highest BCUT2D eigenvalue weighted by Crippen LogP contribution is 2.35. The van der Waals surface area contributed by atoms with E-state index in [0.717, 1.165) is 34.4 Å². The summed E-state index contributed by atoms with van der Waals surface area (Å²) in [6.45, 7) is 3.36. The molecule has 0 unspecified atom stereocenters. The molecule has 1 aliphatic rings. The maximum Gasteiger partial charge on any atom is 0.333 e. The molecule has 0 radical (unpaired) electrons. The fraction of sp³-hybridized carbons (Fsp3) is 0.261. The second kappa shape index (κ2) is 8.07. The lowest BCUT2D eigenvalue weighted by Crippen LogP contribution is -2.34. The summed E-state index contributed by atoms with van der Waals surface area (Å²) in [5.74, 6) is 0.313. The highest BCUT2D eigenvalue weighted by molar-refractivity contribution is 7.22. The maximum atomic E-state index is 13.4. The number of aromatic amines is 1. The first-order chi connectivity index (χ1) is 15.0. The molecule has 1 N–H and O–H groups in total. The van der Waals surface area contributed by atoms with E-state index in [1.165, 1.54) is 15.9 Å². The highest BCUT2D eigenvalue weighted by Gasteiger charge is 2.22. The molecule has 8 heteroatoms. The number of aromatic nitrogens is 3. The van der Waals surface area contributed by atoms with Gasteiger partial charge in [0.2, 0.25) is 0 Å². The number of ether oxygens (including phenoxy) is 1. The van der Waals surface area contributed by atoms with Crippen molar-refractivity contribution >= 4 is 33.2 Å². The van der Waals surface area contributed by atoms with Crippen molar-refractivity contribution in [2.45, 2.75) is 25.7 Å². The van der Waals surface area contributed by atoms with Crippen molar-refractivity contribution in [3.8, 4) is 16.1 Å². The lowest BCUT2D eigenvalue weighted by molar-refractivity contribution is 0.0851. The van der Waals surface area contributed by atoms with Crippen LogP contribution in [0.2, 0.25) is 5.02 Å². The average molecular weight is 454 g/mol. The molecule has 0 saturated carbocycles. The summed E-state index contributed by atoms with van der Waals surface area (Å²) < 4.78 is 7.14. The molecule has 158 valence electrons. The molecular formula is C23H20ClN3O3S. The second-order valence-electron chi connectivity index (χ2n) is 7.66.